The standard InChI is InChI=1S/C18H28N2O3S/c1-13-8-9-17(15(3)12-13)24(22,23)19-11-10-18(21)20-16-7-5-4-6-14(16)2/h8-9,12,14,16,19H,4-7,10-11H2,1-3H3,(H,20,21). The lowest BCUT2D eigenvalue weighted by molar-refractivity contribution is -0.122. The lowest BCUT2D eigenvalue weighted by Gasteiger charge is -2.29. The minimum Gasteiger partial charge on any atom is -0.353 e. The number of carbonyl (C=O) groups is 1. The first-order valence-electron chi connectivity index (χ1n) is 8.66. The van der Waals surface area contributed by atoms with E-state index in [0.29, 0.717) is 11.5 Å². The van der Waals surface area contributed by atoms with Gasteiger partial charge in [-0.15, -0.1) is 0 Å². The molecule has 2 atom stereocenters. The number of nitrogens with one attached hydrogen (secondary N) is 2. The Morgan fingerprint density at radius 1 is 1.21 bits per heavy atom. The van der Waals surface area contributed by atoms with Crippen LogP contribution in [-0.2, 0) is 14.8 Å². The molecule has 0 heterocycles. The zero-order valence-electron chi connectivity index (χ0n) is 14.8. The summed E-state index contributed by atoms with van der Waals surface area (Å²) in [7, 11) is -3.58. The molecule has 1 fully saturated rings. The minimum atomic E-state index is -3.58. The summed E-state index contributed by atoms with van der Waals surface area (Å²) in [6.45, 7) is 5.97. The summed E-state index contributed by atoms with van der Waals surface area (Å²) >= 11 is 0. The Labute approximate surface area is 145 Å². The Balaban J connectivity index is 1.85. The van der Waals surface area contributed by atoms with Crippen molar-refractivity contribution in [2.24, 2.45) is 5.92 Å². The van der Waals surface area contributed by atoms with Crippen LogP contribution >= 0.6 is 0 Å². The highest BCUT2D eigenvalue weighted by Crippen LogP contribution is 2.23. The van der Waals surface area contributed by atoms with Crippen LogP contribution in [-0.4, -0.2) is 26.9 Å². The smallest absolute Gasteiger partial charge is 0.240 e. The Kier molecular flexibility index (Phi) is 6.40. The molecule has 0 bridgehead atoms. The fraction of sp³-hybridized carbons (Fsp3) is 0.611. The van der Waals surface area contributed by atoms with E-state index < -0.39 is 10.0 Å². The summed E-state index contributed by atoms with van der Waals surface area (Å²) in [5.74, 6) is 0.409. The van der Waals surface area contributed by atoms with Gasteiger partial charge < -0.3 is 5.32 Å². The van der Waals surface area contributed by atoms with Gasteiger partial charge >= 0.3 is 0 Å². The lowest BCUT2D eigenvalue weighted by atomic mass is 9.86. The molecular weight excluding hydrogens is 324 g/mol. The molecule has 6 heteroatoms. The van der Waals surface area contributed by atoms with E-state index in [1.54, 1.807) is 19.1 Å². The van der Waals surface area contributed by atoms with Crippen LogP contribution in [0.1, 0.15) is 50.2 Å². The second-order valence-electron chi connectivity index (χ2n) is 6.85. The van der Waals surface area contributed by atoms with Crippen LogP contribution in [0.4, 0.5) is 0 Å². The van der Waals surface area contributed by atoms with Gasteiger partial charge in [-0.3, -0.25) is 4.79 Å². The van der Waals surface area contributed by atoms with Gasteiger partial charge in [-0.1, -0.05) is 37.5 Å². The predicted molar refractivity (Wildman–Crippen MR) is 95.3 cm³/mol. The first-order valence-corrected chi connectivity index (χ1v) is 10.1. The summed E-state index contributed by atoms with van der Waals surface area (Å²) in [4.78, 5) is 12.3. The third kappa shape index (κ3) is 5.05. The average Bonchev–Trinajstić information content (AvgIpc) is 2.49. The molecule has 1 aliphatic rings. The predicted octanol–water partition coefficient (Wildman–Crippen LogP) is 2.67. The molecule has 1 aromatic rings. The average molecular weight is 353 g/mol. The fourth-order valence-electron chi connectivity index (χ4n) is 3.29. The molecule has 5 nitrogen and oxygen atoms in total. The van der Waals surface area contributed by atoms with Gasteiger partial charge in [-0.25, -0.2) is 13.1 Å². The molecule has 0 saturated heterocycles. The number of hydrogen-bond acceptors (Lipinski definition) is 3. The second kappa shape index (κ2) is 8.12. The summed E-state index contributed by atoms with van der Waals surface area (Å²) < 4.78 is 27.2. The van der Waals surface area contributed by atoms with Gasteiger partial charge in [0.25, 0.3) is 0 Å². The van der Waals surface area contributed by atoms with Crippen molar-refractivity contribution in [3.8, 4) is 0 Å². The van der Waals surface area contributed by atoms with E-state index >= 15 is 0 Å². The number of sulfonamides is 1. The lowest BCUT2D eigenvalue weighted by Crippen LogP contribution is -2.42. The van der Waals surface area contributed by atoms with Crippen LogP contribution in [0.15, 0.2) is 23.1 Å². The molecular formula is C18H28N2O3S. The first-order chi connectivity index (χ1) is 11.3. The van der Waals surface area contributed by atoms with Crippen molar-refractivity contribution < 1.29 is 13.2 Å². The van der Waals surface area contributed by atoms with Crippen LogP contribution in [0, 0.1) is 19.8 Å². The van der Waals surface area contributed by atoms with Crippen LogP contribution in [0.25, 0.3) is 0 Å². The van der Waals surface area contributed by atoms with Gasteiger partial charge in [0.2, 0.25) is 15.9 Å². The molecule has 0 radical (unpaired) electrons. The molecule has 0 spiro atoms. The maximum absolute atomic E-state index is 12.3. The highest BCUT2D eigenvalue weighted by molar-refractivity contribution is 7.89. The zero-order valence-corrected chi connectivity index (χ0v) is 15.6. The van der Waals surface area contributed by atoms with E-state index in [2.05, 4.69) is 17.0 Å². The zero-order chi connectivity index (χ0) is 17.7. The molecule has 1 amide bonds. The van der Waals surface area contributed by atoms with Crippen molar-refractivity contribution in [2.75, 3.05) is 6.54 Å². The molecule has 134 valence electrons. The topological polar surface area (TPSA) is 75.3 Å². The number of hydrogen-bond donors (Lipinski definition) is 2. The summed E-state index contributed by atoms with van der Waals surface area (Å²) in [6.07, 6.45) is 4.69. The molecule has 0 aliphatic heterocycles. The normalized spacial score (nSPS) is 21.5. The fourth-order valence-corrected chi connectivity index (χ4v) is 4.54. The van der Waals surface area contributed by atoms with Gasteiger partial charge in [0, 0.05) is 19.0 Å². The van der Waals surface area contributed by atoms with Crippen molar-refractivity contribution in [1.29, 1.82) is 0 Å². The van der Waals surface area contributed by atoms with E-state index in [0.717, 1.165) is 24.8 Å². The van der Waals surface area contributed by atoms with E-state index in [1.165, 1.54) is 6.42 Å². The van der Waals surface area contributed by atoms with Gasteiger partial charge in [0.15, 0.2) is 0 Å². The number of benzene rings is 1. The summed E-state index contributed by atoms with van der Waals surface area (Å²) in [5.41, 5.74) is 1.73. The molecule has 2 unspecified atom stereocenters. The quantitative estimate of drug-likeness (QED) is 0.826. The van der Waals surface area contributed by atoms with Gasteiger partial charge in [0.1, 0.15) is 0 Å². The van der Waals surface area contributed by atoms with Crippen molar-refractivity contribution in [3.63, 3.8) is 0 Å². The molecule has 2 rings (SSSR count). The first kappa shape index (κ1) is 18.9. The number of aryl methyl sites for hydroxylation is 2. The minimum absolute atomic E-state index is 0.0860. The maximum atomic E-state index is 12.3. The van der Waals surface area contributed by atoms with E-state index in [9.17, 15) is 13.2 Å². The molecule has 1 aromatic carbocycles. The van der Waals surface area contributed by atoms with Crippen molar-refractivity contribution in [2.45, 2.75) is 63.8 Å². The molecule has 24 heavy (non-hydrogen) atoms. The van der Waals surface area contributed by atoms with Crippen molar-refractivity contribution in [1.82, 2.24) is 10.0 Å². The molecule has 1 saturated carbocycles. The Morgan fingerprint density at radius 3 is 2.58 bits per heavy atom. The van der Waals surface area contributed by atoms with E-state index in [-0.39, 0.29) is 29.8 Å². The van der Waals surface area contributed by atoms with Crippen LogP contribution in [0.2, 0.25) is 0 Å². The van der Waals surface area contributed by atoms with Crippen LogP contribution < -0.4 is 10.0 Å². The summed E-state index contributed by atoms with van der Waals surface area (Å²) in [6, 6.07) is 5.45. The van der Waals surface area contributed by atoms with Crippen LogP contribution in [0.3, 0.4) is 0 Å². The molecule has 0 aromatic heterocycles. The number of rotatable bonds is 6. The highest BCUT2D eigenvalue weighted by Gasteiger charge is 2.23. The Hall–Kier alpha value is -1.40. The number of carbonyl (C=O) groups excluding carboxylic acids is 1. The highest BCUT2D eigenvalue weighted by atomic mass is 32.2. The largest absolute Gasteiger partial charge is 0.353 e. The second-order valence-corrected chi connectivity index (χ2v) is 8.59. The SMILES string of the molecule is Cc1ccc(S(=O)(=O)NCCC(=O)NC2CCCCC2C)c(C)c1. The Bertz CT molecular complexity index is 686. The van der Waals surface area contributed by atoms with Gasteiger partial charge in [-0.2, -0.15) is 0 Å². The van der Waals surface area contributed by atoms with Gasteiger partial charge in [0.05, 0.1) is 4.90 Å². The van der Waals surface area contributed by atoms with E-state index in [4.69, 9.17) is 0 Å². The van der Waals surface area contributed by atoms with Crippen molar-refractivity contribution >= 4 is 15.9 Å². The third-order valence-corrected chi connectivity index (χ3v) is 6.34. The maximum Gasteiger partial charge on any atom is 0.240 e. The third-order valence-electron chi connectivity index (χ3n) is 4.72. The van der Waals surface area contributed by atoms with Gasteiger partial charge in [-0.05, 0) is 44.2 Å². The van der Waals surface area contributed by atoms with Crippen LogP contribution in [0.5, 0.6) is 0 Å². The molecule has 1 aliphatic carbocycles. The monoisotopic (exact) mass is 352 g/mol. The van der Waals surface area contributed by atoms with Crippen molar-refractivity contribution in [3.05, 3.63) is 29.3 Å². The Morgan fingerprint density at radius 2 is 1.92 bits per heavy atom. The van der Waals surface area contributed by atoms with E-state index in [1.807, 2.05) is 13.0 Å². The molecule has 2 N–H and O–H groups in total. The number of amides is 1. The summed E-state index contributed by atoms with van der Waals surface area (Å²) in [5, 5.41) is 3.04.